The highest BCUT2D eigenvalue weighted by molar-refractivity contribution is 6.05. The number of likely N-dealkylation sites (N-methyl/N-ethyl adjacent to an activating group) is 1. The Morgan fingerprint density at radius 3 is 2.72 bits per heavy atom. The Labute approximate surface area is 165 Å². The van der Waals surface area contributed by atoms with Gasteiger partial charge in [0.1, 0.15) is 11.6 Å². The summed E-state index contributed by atoms with van der Waals surface area (Å²) in [6, 6.07) is -1.60. The zero-order valence-electron chi connectivity index (χ0n) is 15.8. The molecule has 0 saturated carbocycles. The summed E-state index contributed by atoms with van der Waals surface area (Å²) in [5.41, 5.74) is 3.93. The summed E-state index contributed by atoms with van der Waals surface area (Å²) < 4.78 is 0. The van der Waals surface area contributed by atoms with Crippen molar-refractivity contribution in [2.24, 2.45) is 5.73 Å². The zero-order chi connectivity index (χ0) is 21.3. The number of nitrogens with zero attached hydrogens (tertiary/aromatic N) is 3. The number of hydrogen-bond acceptors (Lipinski definition) is 7. The highest BCUT2D eigenvalue weighted by atomic mass is 16.4. The molecule has 1 aromatic heterocycles. The van der Waals surface area contributed by atoms with E-state index in [2.05, 4.69) is 15.3 Å². The summed E-state index contributed by atoms with van der Waals surface area (Å²) in [7, 11) is 1.47. The van der Waals surface area contributed by atoms with Crippen LogP contribution in [-0.2, 0) is 9.59 Å². The molecule has 2 saturated heterocycles. The highest BCUT2D eigenvalue weighted by Gasteiger charge is 2.51. The van der Waals surface area contributed by atoms with Gasteiger partial charge in [-0.2, -0.15) is 0 Å². The summed E-state index contributed by atoms with van der Waals surface area (Å²) in [6.07, 6.45) is 1.75. The van der Waals surface area contributed by atoms with E-state index in [0.29, 0.717) is 12.8 Å². The van der Waals surface area contributed by atoms with Crippen molar-refractivity contribution in [3.63, 3.8) is 0 Å². The molecule has 3 unspecified atom stereocenters. The number of carboxylic acids is 1. The fourth-order valence-electron chi connectivity index (χ4n) is 3.83. The number of aromatic nitrogens is 2. The molecule has 5 N–H and O–H groups in total. The normalized spacial score (nSPS) is 25.0. The minimum absolute atomic E-state index is 0.0907. The Hall–Kier alpha value is -3.28. The molecule has 29 heavy (non-hydrogen) atoms. The van der Waals surface area contributed by atoms with Gasteiger partial charge in [0.05, 0.1) is 12.6 Å². The van der Waals surface area contributed by atoms with Crippen LogP contribution in [-0.4, -0.2) is 86.3 Å². The first-order valence-electron chi connectivity index (χ1n) is 9.07. The van der Waals surface area contributed by atoms with Gasteiger partial charge in [0.25, 0.3) is 5.56 Å². The van der Waals surface area contributed by atoms with Gasteiger partial charge in [0.15, 0.2) is 5.82 Å². The lowest BCUT2D eigenvalue weighted by atomic mass is 9.86. The van der Waals surface area contributed by atoms with Gasteiger partial charge < -0.3 is 30.9 Å². The van der Waals surface area contributed by atoms with Crippen LogP contribution in [0, 0.1) is 0 Å². The van der Waals surface area contributed by atoms with Gasteiger partial charge in [0, 0.05) is 32.3 Å². The lowest BCUT2D eigenvalue weighted by Crippen LogP contribution is -2.58. The molecule has 0 radical (unpaired) electrons. The lowest BCUT2D eigenvalue weighted by Gasteiger charge is -2.31. The molecular weight excluding hydrogens is 384 g/mol. The number of aliphatic carboxylic acids is 1. The van der Waals surface area contributed by atoms with Gasteiger partial charge in [0.2, 0.25) is 11.7 Å². The second kappa shape index (κ2) is 7.62. The van der Waals surface area contributed by atoms with E-state index in [-0.39, 0.29) is 25.3 Å². The number of carbonyl (C=O) groups is 4. The maximum atomic E-state index is 13.1. The molecule has 0 bridgehead atoms. The van der Waals surface area contributed by atoms with Crippen molar-refractivity contribution in [2.45, 2.75) is 36.9 Å². The van der Waals surface area contributed by atoms with Crippen LogP contribution in [0.5, 0.6) is 0 Å². The standard InChI is InChI=1S/C17H22N6O6/c1-22-8-17(21-16(22)29,12(25)13-19-5-4-11(24)20-13)7-9(18)14(26)23-6-2-3-10(23)15(27)28/h4-5,9-10H,2-3,6-8,18H2,1H3,(H,21,29)(H,27,28)(H,19,20,24). The van der Waals surface area contributed by atoms with Crippen LogP contribution in [0.25, 0.3) is 0 Å². The third-order valence-corrected chi connectivity index (χ3v) is 5.23. The number of nitrogens with two attached hydrogens (primary N) is 1. The maximum Gasteiger partial charge on any atom is 0.326 e. The Kier molecular flexibility index (Phi) is 5.38. The molecule has 156 valence electrons. The number of nitrogens with one attached hydrogen (secondary N) is 2. The predicted molar refractivity (Wildman–Crippen MR) is 98.0 cm³/mol. The van der Waals surface area contributed by atoms with Crippen molar-refractivity contribution in [1.82, 2.24) is 25.1 Å². The van der Waals surface area contributed by atoms with E-state index in [1.54, 1.807) is 0 Å². The molecule has 12 heteroatoms. The molecule has 1 aromatic rings. The average molecular weight is 406 g/mol. The maximum absolute atomic E-state index is 13.1. The van der Waals surface area contributed by atoms with E-state index < -0.39 is 46.9 Å². The average Bonchev–Trinajstić information content (AvgIpc) is 3.26. The molecule has 12 nitrogen and oxygen atoms in total. The van der Waals surface area contributed by atoms with Crippen molar-refractivity contribution in [2.75, 3.05) is 20.1 Å². The van der Waals surface area contributed by atoms with Crippen LogP contribution in [0.4, 0.5) is 4.79 Å². The Morgan fingerprint density at radius 1 is 1.41 bits per heavy atom. The van der Waals surface area contributed by atoms with E-state index >= 15 is 0 Å². The molecule has 3 rings (SSSR count). The van der Waals surface area contributed by atoms with E-state index in [1.165, 1.54) is 16.8 Å². The second-order valence-corrected chi connectivity index (χ2v) is 7.32. The summed E-state index contributed by atoms with van der Waals surface area (Å²) in [6.45, 7) is 0.164. The largest absolute Gasteiger partial charge is 0.480 e. The van der Waals surface area contributed by atoms with Crippen molar-refractivity contribution >= 4 is 23.7 Å². The van der Waals surface area contributed by atoms with Crippen molar-refractivity contribution in [3.05, 3.63) is 28.4 Å². The first kappa shape index (κ1) is 20.5. The van der Waals surface area contributed by atoms with Gasteiger partial charge in [-0.15, -0.1) is 0 Å². The number of aromatic amines is 1. The number of H-pyrrole nitrogens is 1. The van der Waals surface area contributed by atoms with Gasteiger partial charge in [-0.1, -0.05) is 0 Å². The SMILES string of the molecule is CN1CC(CC(N)C(=O)N2CCCC2C(=O)O)(C(=O)c2nccc(=O)[nH]2)NC1=O. The van der Waals surface area contributed by atoms with E-state index in [1.807, 2.05) is 0 Å². The Morgan fingerprint density at radius 2 is 2.14 bits per heavy atom. The molecule has 3 atom stereocenters. The number of rotatable bonds is 6. The molecule has 0 spiro atoms. The fourth-order valence-corrected chi connectivity index (χ4v) is 3.83. The number of Topliss-reactive ketones (excluding diaryl/α,β-unsaturated/α-hetero) is 1. The number of amides is 3. The number of carboxylic acid groups (broad SMARTS) is 1. The molecule has 2 fully saturated rings. The summed E-state index contributed by atoms with van der Waals surface area (Å²) in [5, 5.41) is 11.8. The molecule has 0 aromatic carbocycles. The molecule has 2 aliphatic rings. The Bertz CT molecular complexity index is 916. The molecular formula is C17H22N6O6. The van der Waals surface area contributed by atoms with Gasteiger partial charge in [-0.05, 0) is 12.8 Å². The zero-order valence-corrected chi connectivity index (χ0v) is 15.8. The first-order valence-corrected chi connectivity index (χ1v) is 9.07. The summed E-state index contributed by atoms with van der Waals surface area (Å²) in [4.78, 5) is 69.5. The molecule has 2 aliphatic heterocycles. The smallest absolute Gasteiger partial charge is 0.326 e. The quantitative estimate of drug-likeness (QED) is 0.397. The first-order chi connectivity index (χ1) is 13.6. The van der Waals surface area contributed by atoms with E-state index in [9.17, 15) is 29.1 Å². The lowest BCUT2D eigenvalue weighted by molar-refractivity contribution is -0.148. The predicted octanol–water partition coefficient (Wildman–Crippen LogP) is -1.86. The molecule has 3 heterocycles. The summed E-state index contributed by atoms with van der Waals surface area (Å²) >= 11 is 0. The topological polar surface area (TPSA) is 179 Å². The third kappa shape index (κ3) is 3.83. The summed E-state index contributed by atoms with van der Waals surface area (Å²) in [5.74, 6) is -2.68. The number of likely N-dealkylation sites (tertiary alicyclic amines) is 1. The molecule has 3 amide bonds. The number of ketones is 1. The van der Waals surface area contributed by atoms with Crippen LogP contribution in [0.15, 0.2) is 17.1 Å². The van der Waals surface area contributed by atoms with Crippen LogP contribution in [0.3, 0.4) is 0 Å². The highest BCUT2D eigenvalue weighted by Crippen LogP contribution is 2.26. The van der Waals surface area contributed by atoms with Crippen LogP contribution < -0.4 is 16.6 Å². The molecule has 0 aliphatic carbocycles. The van der Waals surface area contributed by atoms with Gasteiger partial charge >= 0.3 is 12.0 Å². The third-order valence-electron chi connectivity index (χ3n) is 5.23. The number of carbonyl (C=O) groups excluding carboxylic acids is 3. The van der Waals surface area contributed by atoms with Crippen LogP contribution >= 0.6 is 0 Å². The van der Waals surface area contributed by atoms with Crippen molar-refractivity contribution < 1.29 is 24.3 Å². The van der Waals surface area contributed by atoms with Crippen LogP contribution in [0.1, 0.15) is 29.9 Å². The number of hydrogen-bond donors (Lipinski definition) is 4. The monoisotopic (exact) mass is 406 g/mol. The number of urea groups is 1. The fraction of sp³-hybridized carbons (Fsp3) is 0.529. The van der Waals surface area contributed by atoms with Gasteiger partial charge in [-0.3, -0.25) is 14.4 Å². The van der Waals surface area contributed by atoms with E-state index in [0.717, 1.165) is 12.3 Å². The minimum Gasteiger partial charge on any atom is -0.480 e. The van der Waals surface area contributed by atoms with Crippen molar-refractivity contribution in [3.8, 4) is 0 Å². The van der Waals surface area contributed by atoms with Crippen LogP contribution in [0.2, 0.25) is 0 Å². The minimum atomic E-state index is -1.59. The van der Waals surface area contributed by atoms with Crippen molar-refractivity contribution in [1.29, 1.82) is 0 Å². The Balaban J connectivity index is 1.87. The second-order valence-electron chi connectivity index (χ2n) is 7.32. The van der Waals surface area contributed by atoms with E-state index in [4.69, 9.17) is 5.73 Å². The van der Waals surface area contributed by atoms with Gasteiger partial charge in [-0.25, -0.2) is 14.6 Å².